The molecule has 0 amide bonds. The van der Waals surface area contributed by atoms with Gasteiger partial charge in [-0.2, -0.15) is 0 Å². The first-order valence-corrected chi connectivity index (χ1v) is 2.72. The molecule has 0 aromatic heterocycles. The summed E-state index contributed by atoms with van der Waals surface area (Å²) in [7, 11) is -5.03. The molecule has 0 heterocycles. The third-order valence-corrected chi connectivity index (χ3v) is 0.487. The van der Waals surface area contributed by atoms with Crippen LogP contribution in [0.4, 0.5) is 0 Å². The van der Waals surface area contributed by atoms with Gasteiger partial charge < -0.3 is 10.0 Å². The predicted octanol–water partition coefficient (Wildman–Crippen LogP) is -3.00. The lowest BCUT2D eigenvalue weighted by Crippen LogP contribution is -2.26. The van der Waals surface area contributed by atoms with Crippen molar-refractivity contribution in [3.63, 3.8) is 0 Å². The van der Waals surface area contributed by atoms with Gasteiger partial charge in [0.15, 0.2) is 0 Å². The molecule has 0 saturated carbocycles. The van der Waals surface area contributed by atoms with Gasteiger partial charge in [-0.25, -0.2) is 8.42 Å². The van der Waals surface area contributed by atoms with Crippen molar-refractivity contribution < 1.29 is 23.2 Å². The molecule has 0 atom stereocenters. The Balaban J connectivity index is 3.18. The summed E-state index contributed by atoms with van der Waals surface area (Å²) in [5.74, 6) is 0. The molecule has 8 heavy (non-hydrogen) atoms. The molecule has 0 aliphatic carbocycles. The third-order valence-electron chi connectivity index (χ3n) is 0.233. The van der Waals surface area contributed by atoms with Crippen LogP contribution in [0.15, 0.2) is 0 Å². The van der Waals surface area contributed by atoms with E-state index in [0.717, 1.165) is 0 Å². The van der Waals surface area contributed by atoms with Crippen LogP contribution in [0.1, 0.15) is 0 Å². The summed E-state index contributed by atoms with van der Waals surface area (Å²) in [6, 6.07) is 0. The second-order valence-electron chi connectivity index (χ2n) is 0.793. The first-order valence-electron chi connectivity index (χ1n) is 1.54. The lowest BCUT2D eigenvalue weighted by molar-refractivity contribution is 0.157. The van der Waals surface area contributed by atoms with Crippen molar-refractivity contribution in [2.75, 3.05) is 0 Å². The van der Waals surface area contributed by atoms with Crippen LogP contribution in [-0.2, 0) is 15.6 Å². The Morgan fingerprint density at radius 3 is 2.12 bits per heavy atom. The molecule has 0 bridgehead atoms. The molecule has 48 valence electrons. The van der Waals surface area contributed by atoms with Gasteiger partial charge in [-0.15, -0.1) is 4.89 Å². The second-order valence-corrected chi connectivity index (χ2v) is 1.49. The molecule has 0 rings (SSSR count). The molecule has 0 aliphatic rings. The van der Waals surface area contributed by atoms with Crippen molar-refractivity contribution in [2.24, 2.45) is 0 Å². The van der Waals surface area contributed by atoms with Crippen LogP contribution < -0.4 is 4.89 Å². The molecule has 0 unspecified atom stereocenters. The zero-order valence-corrected chi connectivity index (χ0v) is 4.54. The molecule has 6 nitrogen and oxygen atoms in total. The van der Waals surface area contributed by atoms with E-state index in [-0.39, 0.29) is 0 Å². The summed E-state index contributed by atoms with van der Waals surface area (Å²) in [5.41, 5.74) is 0. The van der Waals surface area contributed by atoms with Gasteiger partial charge in [0, 0.05) is 0 Å². The Labute approximate surface area is 47.3 Å². The minimum atomic E-state index is -2.93. The fraction of sp³-hybridized carbons (Fsp3) is 0. The largest absolute Gasteiger partial charge is 0.652 e. The molecule has 3 N–H and O–H groups in total. The van der Waals surface area contributed by atoms with Crippen LogP contribution in [0, 0.1) is 0 Å². The van der Waals surface area contributed by atoms with Crippen LogP contribution >= 0.6 is 0 Å². The average Bonchev–Trinajstić information content (AvgIpc) is 1.61. The molecule has 0 aliphatic heterocycles. The SMILES string of the molecule is O=[SH](=O)NOB(O)O. The van der Waals surface area contributed by atoms with E-state index in [1.54, 1.807) is 0 Å². The normalized spacial score (nSPS) is 9.88. The van der Waals surface area contributed by atoms with E-state index in [0.29, 0.717) is 0 Å². The minimum Gasteiger partial charge on any atom is -0.401 e. The standard InChI is InChI=1S/BH4NO5S/c3-1(4)7-2-8(5)6/h3-4,8H,(H,2,5,6). The van der Waals surface area contributed by atoms with E-state index in [9.17, 15) is 8.42 Å². The summed E-state index contributed by atoms with van der Waals surface area (Å²) in [4.78, 5) is 1.30. The van der Waals surface area contributed by atoms with Gasteiger partial charge in [0.25, 0.3) is 0 Å². The number of thiol groups is 1. The minimum absolute atomic E-state index is 1.30. The highest BCUT2D eigenvalue weighted by atomic mass is 32.2. The summed E-state index contributed by atoms with van der Waals surface area (Å²) in [6.07, 6.45) is 0. The summed E-state index contributed by atoms with van der Waals surface area (Å²) in [5, 5.41) is 15.6. The Kier molecular flexibility index (Phi) is 3.74. The Bertz CT molecular complexity index is 110. The van der Waals surface area contributed by atoms with Crippen LogP contribution in [-0.4, -0.2) is 25.8 Å². The maximum absolute atomic E-state index is 9.48. The average molecular weight is 141 g/mol. The van der Waals surface area contributed by atoms with E-state index >= 15 is 0 Å². The van der Waals surface area contributed by atoms with E-state index in [4.69, 9.17) is 10.0 Å². The molecule has 0 aromatic rings. The highest BCUT2D eigenvalue weighted by Gasteiger charge is 2.07. The molecule has 0 fully saturated rings. The molecular weight excluding hydrogens is 137 g/mol. The fourth-order valence-electron chi connectivity index (χ4n) is 0.0902. The van der Waals surface area contributed by atoms with E-state index in [2.05, 4.69) is 4.76 Å². The zero-order chi connectivity index (χ0) is 6.57. The van der Waals surface area contributed by atoms with Crippen molar-refractivity contribution in [3.8, 4) is 0 Å². The molecule has 0 aromatic carbocycles. The smallest absolute Gasteiger partial charge is 0.401 e. The summed E-state index contributed by atoms with van der Waals surface area (Å²) < 4.78 is 22.5. The quantitative estimate of drug-likeness (QED) is 0.191. The number of hydrogen-bond donors (Lipinski definition) is 4. The van der Waals surface area contributed by atoms with Gasteiger partial charge in [-0.05, 0) is 0 Å². The summed E-state index contributed by atoms with van der Waals surface area (Å²) >= 11 is 0. The van der Waals surface area contributed by atoms with Gasteiger partial charge >= 0.3 is 7.32 Å². The highest BCUT2D eigenvalue weighted by Crippen LogP contribution is 1.64. The second kappa shape index (κ2) is 3.81. The van der Waals surface area contributed by atoms with Crippen LogP contribution in [0.5, 0.6) is 0 Å². The van der Waals surface area contributed by atoms with Gasteiger partial charge in [-0.1, -0.05) is 0 Å². The Morgan fingerprint density at radius 2 is 2.00 bits per heavy atom. The van der Waals surface area contributed by atoms with Crippen molar-refractivity contribution in [1.29, 1.82) is 0 Å². The molecule has 0 saturated heterocycles. The Hall–Kier alpha value is -0.145. The molecule has 8 heteroatoms. The first-order chi connectivity index (χ1) is 3.63. The lowest BCUT2D eigenvalue weighted by Gasteiger charge is -1.92. The van der Waals surface area contributed by atoms with Gasteiger partial charge in [0.05, 0.1) is 0 Å². The van der Waals surface area contributed by atoms with Gasteiger partial charge in [0.1, 0.15) is 0 Å². The van der Waals surface area contributed by atoms with Crippen LogP contribution in [0.2, 0.25) is 0 Å². The molecular formula is H4BNO5S. The summed E-state index contributed by atoms with van der Waals surface area (Å²) in [6.45, 7) is 0. The van der Waals surface area contributed by atoms with Crippen LogP contribution in [0.25, 0.3) is 0 Å². The fourth-order valence-corrected chi connectivity index (χ4v) is 0.271. The maximum Gasteiger partial charge on any atom is 0.652 e. The molecule has 0 spiro atoms. The number of rotatable bonds is 3. The van der Waals surface area contributed by atoms with Crippen molar-refractivity contribution in [3.05, 3.63) is 0 Å². The zero-order valence-electron chi connectivity index (χ0n) is 3.64. The number of nitrogens with one attached hydrogen (secondary N) is 1. The first kappa shape index (κ1) is 7.85. The van der Waals surface area contributed by atoms with Crippen molar-refractivity contribution >= 4 is 18.2 Å². The lowest BCUT2D eigenvalue weighted by atomic mass is 10.3. The monoisotopic (exact) mass is 141 g/mol. The third kappa shape index (κ3) is 5.85. The number of hydrogen-bond acceptors (Lipinski definition) is 5. The van der Waals surface area contributed by atoms with Crippen LogP contribution in [0.3, 0.4) is 0 Å². The predicted molar refractivity (Wildman–Crippen MR) is 24.7 cm³/mol. The maximum atomic E-state index is 9.48. The molecule has 0 radical (unpaired) electrons. The topological polar surface area (TPSA) is 95.9 Å². The Morgan fingerprint density at radius 1 is 1.50 bits per heavy atom. The highest BCUT2D eigenvalue weighted by molar-refractivity contribution is 7.70. The van der Waals surface area contributed by atoms with Gasteiger partial charge in [-0.3, -0.25) is 4.76 Å². The van der Waals surface area contributed by atoms with E-state index < -0.39 is 18.2 Å². The van der Waals surface area contributed by atoms with Crippen molar-refractivity contribution in [2.45, 2.75) is 0 Å². The van der Waals surface area contributed by atoms with E-state index in [1.165, 1.54) is 4.89 Å². The van der Waals surface area contributed by atoms with Gasteiger partial charge in [0.2, 0.25) is 10.9 Å². The van der Waals surface area contributed by atoms with Crippen molar-refractivity contribution in [1.82, 2.24) is 4.89 Å². The van der Waals surface area contributed by atoms with E-state index in [1.807, 2.05) is 0 Å².